The van der Waals surface area contributed by atoms with Crippen LogP contribution in [0, 0.1) is 6.92 Å². The second-order valence-electron chi connectivity index (χ2n) is 3.65. The summed E-state index contributed by atoms with van der Waals surface area (Å²) in [5.74, 6) is -0.191. The van der Waals surface area contributed by atoms with Crippen molar-refractivity contribution in [1.29, 1.82) is 0 Å². The molecule has 7 nitrogen and oxygen atoms in total. The van der Waals surface area contributed by atoms with E-state index in [2.05, 4.69) is 10.3 Å². The molecule has 0 aromatic carbocycles. The molecule has 0 aliphatic carbocycles. The normalized spacial score (nSPS) is 11.5. The standard InChI is InChI=1S/C10H16N4O3/c1-3-4-14(6-9(11)12-16)10(15)8-5-7(2)13-17-8/h5,16H,3-4,6H2,1-2H3,(H2,11,12). The number of nitrogens with zero attached hydrogens (tertiary/aromatic N) is 3. The summed E-state index contributed by atoms with van der Waals surface area (Å²) < 4.78 is 4.88. The second kappa shape index (κ2) is 5.88. The maximum atomic E-state index is 12.0. The zero-order chi connectivity index (χ0) is 12.8. The van der Waals surface area contributed by atoms with Crippen LogP contribution in [0.1, 0.15) is 29.6 Å². The highest BCUT2D eigenvalue weighted by molar-refractivity contribution is 5.94. The van der Waals surface area contributed by atoms with Crippen LogP contribution in [0.15, 0.2) is 15.7 Å². The third-order valence-corrected chi connectivity index (χ3v) is 2.10. The minimum atomic E-state index is -0.320. The van der Waals surface area contributed by atoms with Gasteiger partial charge in [0, 0.05) is 12.6 Å². The van der Waals surface area contributed by atoms with Crippen molar-refractivity contribution in [1.82, 2.24) is 10.1 Å². The first-order valence-electron chi connectivity index (χ1n) is 5.27. The highest BCUT2D eigenvalue weighted by Crippen LogP contribution is 2.07. The van der Waals surface area contributed by atoms with Gasteiger partial charge in [0.25, 0.3) is 5.91 Å². The summed E-state index contributed by atoms with van der Waals surface area (Å²) in [5, 5.41) is 15.0. The van der Waals surface area contributed by atoms with Crippen LogP contribution in [-0.2, 0) is 0 Å². The van der Waals surface area contributed by atoms with Gasteiger partial charge in [0.2, 0.25) is 5.76 Å². The van der Waals surface area contributed by atoms with Crippen LogP contribution in [0.4, 0.5) is 0 Å². The highest BCUT2D eigenvalue weighted by atomic mass is 16.5. The third kappa shape index (κ3) is 3.47. The van der Waals surface area contributed by atoms with Gasteiger partial charge in [0.15, 0.2) is 5.84 Å². The van der Waals surface area contributed by atoms with Gasteiger partial charge >= 0.3 is 0 Å². The van der Waals surface area contributed by atoms with Gasteiger partial charge in [-0.2, -0.15) is 0 Å². The van der Waals surface area contributed by atoms with Crippen molar-refractivity contribution in [2.45, 2.75) is 20.3 Å². The summed E-state index contributed by atoms with van der Waals surface area (Å²) in [6.45, 7) is 4.21. The molecule has 0 bridgehead atoms. The topological polar surface area (TPSA) is 105 Å². The zero-order valence-electron chi connectivity index (χ0n) is 9.88. The molecule has 1 aromatic heterocycles. The van der Waals surface area contributed by atoms with Gasteiger partial charge < -0.3 is 20.4 Å². The molecule has 0 aliphatic rings. The smallest absolute Gasteiger partial charge is 0.292 e. The summed E-state index contributed by atoms with van der Waals surface area (Å²) in [5.41, 5.74) is 6.02. The SMILES string of the molecule is CCCN(C/C(N)=N/O)C(=O)c1cc(C)no1. The monoisotopic (exact) mass is 240 g/mol. The van der Waals surface area contributed by atoms with E-state index >= 15 is 0 Å². The predicted octanol–water partition coefficient (Wildman–Crippen LogP) is 0.582. The van der Waals surface area contributed by atoms with Crippen LogP contribution >= 0.6 is 0 Å². The Morgan fingerprint density at radius 2 is 2.41 bits per heavy atom. The number of carbonyl (C=O) groups is 1. The van der Waals surface area contributed by atoms with Gasteiger partial charge in [-0.25, -0.2) is 0 Å². The van der Waals surface area contributed by atoms with E-state index in [1.165, 1.54) is 4.90 Å². The Morgan fingerprint density at radius 1 is 1.71 bits per heavy atom. The minimum absolute atomic E-state index is 0.0250. The summed E-state index contributed by atoms with van der Waals surface area (Å²) in [7, 11) is 0. The van der Waals surface area contributed by atoms with Crippen molar-refractivity contribution in [3.8, 4) is 0 Å². The van der Waals surface area contributed by atoms with Gasteiger partial charge in [-0.3, -0.25) is 4.79 Å². The van der Waals surface area contributed by atoms with Gasteiger partial charge in [0.1, 0.15) is 0 Å². The van der Waals surface area contributed by atoms with E-state index < -0.39 is 0 Å². The fourth-order valence-corrected chi connectivity index (χ4v) is 1.37. The second-order valence-corrected chi connectivity index (χ2v) is 3.65. The Labute approximate surface area is 98.9 Å². The number of oxime groups is 1. The lowest BCUT2D eigenvalue weighted by Crippen LogP contribution is -2.39. The number of amides is 1. The van der Waals surface area contributed by atoms with E-state index in [4.69, 9.17) is 15.5 Å². The number of rotatable bonds is 5. The van der Waals surface area contributed by atoms with Crippen LogP contribution in [0.5, 0.6) is 0 Å². The zero-order valence-corrected chi connectivity index (χ0v) is 9.88. The van der Waals surface area contributed by atoms with Crippen LogP contribution in [-0.4, -0.2) is 40.1 Å². The van der Waals surface area contributed by atoms with Crippen molar-refractivity contribution in [3.05, 3.63) is 17.5 Å². The lowest BCUT2D eigenvalue weighted by molar-refractivity contribution is 0.0736. The van der Waals surface area contributed by atoms with Gasteiger partial charge in [-0.1, -0.05) is 17.2 Å². The Balaban J connectivity index is 2.80. The van der Waals surface area contributed by atoms with E-state index in [-0.39, 0.29) is 24.0 Å². The molecule has 1 rings (SSSR count). The fraction of sp³-hybridized carbons (Fsp3) is 0.500. The van der Waals surface area contributed by atoms with Crippen LogP contribution in [0.3, 0.4) is 0 Å². The fourth-order valence-electron chi connectivity index (χ4n) is 1.37. The van der Waals surface area contributed by atoms with E-state index in [1.54, 1.807) is 13.0 Å². The van der Waals surface area contributed by atoms with Crippen LogP contribution in [0.25, 0.3) is 0 Å². The van der Waals surface area contributed by atoms with E-state index in [0.717, 1.165) is 6.42 Å². The third-order valence-electron chi connectivity index (χ3n) is 2.10. The van der Waals surface area contributed by atoms with Crippen molar-refractivity contribution >= 4 is 11.7 Å². The quantitative estimate of drug-likeness (QED) is 0.339. The Bertz CT molecular complexity index is 413. The molecular weight excluding hydrogens is 224 g/mol. The van der Waals surface area contributed by atoms with Crippen LogP contribution in [0.2, 0.25) is 0 Å². The molecule has 94 valence electrons. The molecule has 7 heteroatoms. The maximum absolute atomic E-state index is 12.0. The molecule has 0 saturated carbocycles. The van der Waals surface area contributed by atoms with E-state index in [0.29, 0.717) is 12.2 Å². The molecule has 17 heavy (non-hydrogen) atoms. The molecule has 0 fully saturated rings. The molecule has 0 radical (unpaired) electrons. The molecule has 0 spiro atoms. The first kappa shape index (κ1) is 13.0. The lowest BCUT2D eigenvalue weighted by atomic mass is 10.3. The van der Waals surface area contributed by atoms with Crippen molar-refractivity contribution in [2.24, 2.45) is 10.9 Å². The van der Waals surface area contributed by atoms with Crippen LogP contribution < -0.4 is 5.73 Å². The number of hydrogen-bond donors (Lipinski definition) is 2. The first-order chi connectivity index (χ1) is 8.08. The summed E-state index contributed by atoms with van der Waals surface area (Å²) >= 11 is 0. The largest absolute Gasteiger partial charge is 0.409 e. The maximum Gasteiger partial charge on any atom is 0.292 e. The number of nitrogens with two attached hydrogens (primary N) is 1. The summed E-state index contributed by atoms with van der Waals surface area (Å²) in [6.07, 6.45) is 0.761. The number of aromatic nitrogens is 1. The van der Waals surface area contributed by atoms with E-state index in [1.807, 2.05) is 6.92 Å². The predicted molar refractivity (Wildman–Crippen MR) is 60.8 cm³/mol. The van der Waals surface area contributed by atoms with E-state index in [9.17, 15) is 4.79 Å². The average molecular weight is 240 g/mol. The lowest BCUT2D eigenvalue weighted by Gasteiger charge is -2.19. The van der Waals surface area contributed by atoms with Crippen molar-refractivity contribution in [2.75, 3.05) is 13.1 Å². The molecule has 1 amide bonds. The molecule has 1 aromatic rings. The molecule has 0 atom stereocenters. The number of carbonyl (C=O) groups excluding carboxylic acids is 1. The highest BCUT2D eigenvalue weighted by Gasteiger charge is 2.20. The molecule has 0 unspecified atom stereocenters. The molecule has 3 N–H and O–H groups in total. The number of aryl methyl sites for hydroxylation is 1. The first-order valence-corrected chi connectivity index (χ1v) is 5.27. The number of hydrogen-bond acceptors (Lipinski definition) is 5. The van der Waals surface area contributed by atoms with Crippen molar-refractivity contribution < 1.29 is 14.5 Å². The molecule has 0 aliphatic heterocycles. The number of amidine groups is 1. The molecule has 1 heterocycles. The minimum Gasteiger partial charge on any atom is -0.409 e. The van der Waals surface area contributed by atoms with Gasteiger partial charge in [-0.05, 0) is 13.3 Å². The Morgan fingerprint density at radius 3 is 2.88 bits per heavy atom. The Hall–Kier alpha value is -2.05. The van der Waals surface area contributed by atoms with Gasteiger partial charge in [0.05, 0.1) is 12.2 Å². The molecule has 0 saturated heterocycles. The summed E-state index contributed by atoms with van der Waals surface area (Å²) in [6, 6.07) is 1.55. The van der Waals surface area contributed by atoms with Gasteiger partial charge in [-0.15, -0.1) is 0 Å². The average Bonchev–Trinajstić information content (AvgIpc) is 2.74. The summed E-state index contributed by atoms with van der Waals surface area (Å²) in [4.78, 5) is 13.4. The Kier molecular flexibility index (Phi) is 4.50. The molecular formula is C10H16N4O3. The van der Waals surface area contributed by atoms with Crippen molar-refractivity contribution in [3.63, 3.8) is 0 Å².